The molecule has 0 radical (unpaired) electrons. The molecule has 160 valence electrons. The Kier molecular flexibility index (Phi) is 6.63. The average molecular weight is 445 g/mol. The van der Waals surface area contributed by atoms with Crippen LogP contribution in [-0.2, 0) is 4.79 Å². The lowest BCUT2D eigenvalue weighted by molar-refractivity contribution is -0.114. The number of halogens is 1. The molecule has 0 fully saturated rings. The molecule has 0 spiro atoms. The Morgan fingerprint density at radius 1 is 0.875 bits per heavy atom. The molecule has 0 bridgehead atoms. The smallest absolute Gasteiger partial charge is 0.246 e. The van der Waals surface area contributed by atoms with E-state index >= 15 is 0 Å². The Morgan fingerprint density at radius 3 is 2.19 bits per heavy atom. The molecule has 6 nitrogen and oxygen atoms in total. The summed E-state index contributed by atoms with van der Waals surface area (Å²) in [5, 5.41) is 6.51. The number of hydrogen-bond acceptors (Lipinski definition) is 5. The number of hydrogen-bond donors (Lipinski definition) is 2. The zero-order valence-corrected chi connectivity index (χ0v) is 18.1. The first-order chi connectivity index (χ1) is 15.6. The molecule has 0 atom stereocenters. The van der Waals surface area contributed by atoms with Gasteiger partial charge in [-0.3, -0.25) is 10.1 Å². The topological polar surface area (TPSA) is 76.1 Å². The number of carbonyl (C=O) groups is 1. The first-order valence-electron chi connectivity index (χ1n) is 9.99. The summed E-state index contributed by atoms with van der Waals surface area (Å²) in [5.74, 6) is 0.610. The van der Waals surface area contributed by atoms with Crippen LogP contribution < -0.4 is 15.4 Å². The average Bonchev–Trinajstić information content (AvgIpc) is 2.83. The fourth-order valence-corrected chi connectivity index (χ4v) is 3.29. The molecule has 7 heteroatoms. The van der Waals surface area contributed by atoms with Gasteiger partial charge in [-0.25, -0.2) is 9.97 Å². The van der Waals surface area contributed by atoms with Crippen LogP contribution in [0.4, 0.5) is 11.6 Å². The van der Waals surface area contributed by atoms with E-state index < -0.39 is 0 Å². The maximum Gasteiger partial charge on any atom is 0.246 e. The highest BCUT2D eigenvalue weighted by Gasteiger charge is 2.12. The van der Waals surface area contributed by atoms with Crippen molar-refractivity contribution in [2.45, 2.75) is 0 Å². The van der Waals surface area contributed by atoms with Crippen LogP contribution in [0.3, 0.4) is 0 Å². The van der Waals surface area contributed by atoms with Gasteiger partial charge in [0.2, 0.25) is 11.9 Å². The van der Waals surface area contributed by atoms with Crippen LogP contribution in [0.15, 0.2) is 84.9 Å². The van der Waals surface area contributed by atoms with Crippen molar-refractivity contribution in [2.24, 2.45) is 0 Å². The van der Waals surface area contributed by atoms with Gasteiger partial charge in [0.15, 0.2) is 0 Å². The van der Waals surface area contributed by atoms with E-state index in [0.717, 1.165) is 16.8 Å². The minimum absolute atomic E-state index is 0.0373. The van der Waals surface area contributed by atoms with Crippen LogP contribution in [0.5, 0.6) is 5.75 Å². The number of para-hydroxylation sites is 2. The van der Waals surface area contributed by atoms with Crippen molar-refractivity contribution < 1.29 is 9.53 Å². The molecule has 3 aromatic carbocycles. The quantitative estimate of drug-likeness (QED) is 0.392. The predicted octanol–water partition coefficient (Wildman–Crippen LogP) is 5.52. The molecule has 1 aromatic heterocycles. The van der Waals surface area contributed by atoms with Crippen molar-refractivity contribution in [3.8, 4) is 28.3 Å². The number of nitrogens with one attached hydrogen (secondary N) is 2. The Labute approximate surface area is 191 Å². The molecule has 0 aliphatic heterocycles. The summed E-state index contributed by atoms with van der Waals surface area (Å²) in [5.41, 5.74) is 3.91. The second kappa shape index (κ2) is 9.94. The van der Waals surface area contributed by atoms with Crippen molar-refractivity contribution in [1.82, 2.24) is 9.97 Å². The SMILES string of the molecule is COc1ccccc1NCC(=O)Nc1nc(-c2ccccc2)cc(-c2ccc(Cl)cc2)n1. The van der Waals surface area contributed by atoms with Crippen LogP contribution in [0.1, 0.15) is 0 Å². The summed E-state index contributed by atoms with van der Waals surface area (Å²) in [7, 11) is 1.59. The molecule has 4 aromatic rings. The van der Waals surface area contributed by atoms with Crippen molar-refractivity contribution in [3.05, 3.63) is 90.0 Å². The first-order valence-corrected chi connectivity index (χ1v) is 10.4. The van der Waals surface area contributed by atoms with Crippen molar-refractivity contribution in [3.63, 3.8) is 0 Å². The van der Waals surface area contributed by atoms with E-state index in [1.165, 1.54) is 0 Å². The minimum Gasteiger partial charge on any atom is -0.495 e. The van der Waals surface area contributed by atoms with Gasteiger partial charge in [-0.1, -0.05) is 66.2 Å². The molecule has 1 amide bonds. The summed E-state index contributed by atoms with van der Waals surface area (Å²) >= 11 is 6.03. The lowest BCUT2D eigenvalue weighted by Crippen LogP contribution is -2.23. The summed E-state index contributed by atoms with van der Waals surface area (Å²) in [4.78, 5) is 21.7. The van der Waals surface area contributed by atoms with Crippen LogP contribution in [0.25, 0.3) is 22.5 Å². The molecule has 0 aliphatic rings. The Bertz CT molecular complexity index is 1210. The third-order valence-corrected chi connectivity index (χ3v) is 4.99. The van der Waals surface area contributed by atoms with E-state index in [2.05, 4.69) is 20.6 Å². The van der Waals surface area contributed by atoms with Gasteiger partial charge in [-0.15, -0.1) is 0 Å². The lowest BCUT2D eigenvalue weighted by Gasteiger charge is -2.12. The van der Waals surface area contributed by atoms with Gasteiger partial charge >= 0.3 is 0 Å². The van der Waals surface area contributed by atoms with Crippen molar-refractivity contribution >= 4 is 29.1 Å². The summed E-state index contributed by atoms with van der Waals surface area (Å²) < 4.78 is 5.31. The monoisotopic (exact) mass is 444 g/mol. The number of anilines is 2. The molecule has 0 aliphatic carbocycles. The van der Waals surface area contributed by atoms with E-state index in [4.69, 9.17) is 16.3 Å². The number of benzene rings is 3. The Balaban J connectivity index is 1.58. The third-order valence-electron chi connectivity index (χ3n) is 4.73. The van der Waals surface area contributed by atoms with Gasteiger partial charge in [0.25, 0.3) is 0 Å². The van der Waals surface area contributed by atoms with Gasteiger partial charge in [0.05, 0.1) is 30.7 Å². The molecule has 0 unspecified atom stereocenters. The highest BCUT2D eigenvalue weighted by Crippen LogP contribution is 2.26. The number of carbonyl (C=O) groups excluding carboxylic acids is 1. The van der Waals surface area contributed by atoms with Crippen LogP contribution >= 0.6 is 11.6 Å². The van der Waals surface area contributed by atoms with E-state index in [-0.39, 0.29) is 18.4 Å². The van der Waals surface area contributed by atoms with Gasteiger partial charge in [0, 0.05) is 16.1 Å². The fraction of sp³-hybridized carbons (Fsp3) is 0.0800. The largest absolute Gasteiger partial charge is 0.495 e. The molecule has 0 saturated carbocycles. The van der Waals surface area contributed by atoms with Crippen LogP contribution in [0.2, 0.25) is 5.02 Å². The Morgan fingerprint density at radius 2 is 1.50 bits per heavy atom. The number of aromatic nitrogens is 2. The molecular formula is C25H21ClN4O2. The summed E-state index contributed by atoms with van der Waals surface area (Å²) in [6.45, 7) is 0.0373. The number of nitrogens with zero attached hydrogens (tertiary/aromatic N) is 2. The second-order valence-corrected chi connectivity index (χ2v) is 7.37. The van der Waals surface area contributed by atoms with Gasteiger partial charge in [-0.05, 0) is 30.3 Å². The van der Waals surface area contributed by atoms with E-state index in [1.807, 2.05) is 72.8 Å². The maximum absolute atomic E-state index is 12.6. The van der Waals surface area contributed by atoms with Crippen LogP contribution in [-0.4, -0.2) is 29.5 Å². The van der Waals surface area contributed by atoms with Crippen molar-refractivity contribution in [1.29, 1.82) is 0 Å². The third kappa shape index (κ3) is 5.22. The lowest BCUT2D eigenvalue weighted by atomic mass is 10.1. The molecule has 32 heavy (non-hydrogen) atoms. The molecule has 0 saturated heterocycles. The number of amides is 1. The maximum atomic E-state index is 12.6. The highest BCUT2D eigenvalue weighted by molar-refractivity contribution is 6.30. The molecule has 4 rings (SSSR count). The zero-order chi connectivity index (χ0) is 22.3. The fourth-order valence-electron chi connectivity index (χ4n) is 3.16. The minimum atomic E-state index is -0.275. The molecule has 2 N–H and O–H groups in total. The van der Waals surface area contributed by atoms with Crippen molar-refractivity contribution in [2.75, 3.05) is 24.3 Å². The predicted molar refractivity (Wildman–Crippen MR) is 128 cm³/mol. The zero-order valence-electron chi connectivity index (χ0n) is 17.4. The Hall–Kier alpha value is -3.90. The van der Waals surface area contributed by atoms with Gasteiger partial charge < -0.3 is 10.1 Å². The summed E-state index contributed by atoms with van der Waals surface area (Å²) in [6, 6.07) is 26.4. The molecule has 1 heterocycles. The molecular weight excluding hydrogens is 424 g/mol. The standard InChI is InChI=1S/C25H21ClN4O2/c1-32-23-10-6-5-9-20(23)27-16-24(31)30-25-28-21(17-7-3-2-4-8-17)15-22(29-25)18-11-13-19(26)14-12-18/h2-15,27H,16H2,1H3,(H,28,29,30,31). The number of ether oxygens (including phenoxy) is 1. The van der Waals surface area contributed by atoms with Gasteiger partial charge in [0.1, 0.15) is 5.75 Å². The number of rotatable bonds is 7. The van der Waals surface area contributed by atoms with Crippen LogP contribution in [0, 0.1) is 0 Å². The highest BCUT2D eigenvalue weighted by atomic mass is 35.5. The first kappa shape index (κ1) is 21.3. The normalized spacial score (nSPS) is 10.4. The second-order valence-electron chi connectivity index (χ2n) is 6.94. The van der Waals surface area contributed by atoms with E-state index in [1.54, 1.807) is 19.2 Å². The van der Waals surface area contributed by atoms with E-state index in [0.29, 0.717) is 22.2 Å². The summed E-state index contributed by atoms with van der Waals surface area (Å²) in [6.07, 6.45) is 0. The number of methoxy groups -OCH3 is 1. The van der Waals surface area contributed by atoms with Gasteiger partial charge in [-0.2, -0.15) is 0 Å². The van der Waals surface area contributed by atoms with E-state index in [9.17, 15) is 4.79 Å².